The molecule has 12 heteroatoms. The number of carbonyl (C=O) groups is 1. The minimum atomic E-state index is -4.24. The molecule has 0 bridgehead atoms. The molecular weight excluding hydrogens is 585 g/mol. The van der Waals surface area contributed by atoms with Crippen LogP contribution in [-0.4, -0.2) is 76.1 Å². The van der Waals surface area contributed by atoms with Crippen LogP contribution in [0.1, 0.15) is 57.2 Å². The molecular formula is C33H39F3N6O3. The Bertz CT molecular complexity index is 1790. The number of piperazine rings is 1. The lowest BCUT2D eigenvalue weighted by atomic mass is 9.98. The van der Waals surface area contributed by atoms with Crippen LogP contribution in [0.4, 0.5) is 13.2 Å². The molecule has 1 amide bonds. The van der Waals surface area contributed by atoms with Crippen LogP contribution in [0.3, 0.4) is 0 Å². The van der Waals surface area contributed by atoms with E-state index in [0.717, 1.165) is 39.3 Å². The quantitative estimate of drug-likeness (QED) is 0.283. The van der Waals surface area contributed by atoms with E-state index in [0.29, 0.717) is 48.7 Å². The number of carbonyl (C=O) groups excluding carboxylic acids is 1. The van der Waals surface area contributed by atoms with Gasteiger partial charge in [0.1, 0.15) is 5.75 Å². The second-order valence-electron chi connectivity index (χ2n) is 11.8. The van der Waals surface area contributed by atoms with Gasteiger partial charge in [0, 0.05) is 77.9 Å². The normalized spacial score (nSPS) is 15.4. The summed E-state index contributed by atoms with van der Waals surface area (Å²) in [5.41, 5.74) is 7.10. The maximum atomic E-state index is 13.9. The predicted octanol–water partition coefficient (Wildman–Crippen LogP) is 5.10. The Hall–Kier alpha value is -4.16. The van der Waals surface area contributed by atoms with Crippen molar-refractivity contribution in [1.29, 1.82) is 0 Å². The van der Waals surface area contributed by atoms with Crippen LogP contribution in [-0.2, 0) is 6.54 Å². The number of aromatic nitrogens is 3. The minimum absolute atomic E-state index is 0.0385. The van der Waals surface area contributed by atoms with Gasteiger partial charge in [-0.05, 0) is 64.4 Å². The zero-order valence-electron chi connectivity index (χ0n) is 26.4. The van der Waals surface area contributed by atoms with E-state index < -0.39 is 12.7 Å². The number of ether oxygens (including phenoxy) is 1. The molecule has 0 unspecified atom stereocenters. The summed E-state index contributed by atoms with van der Waals surface area (Å²) in [6.45, 7) is 10.1. The van der Waals surface area contributed by atoms with Crippen molar-refractivity contribution in [3.63, 3.8) is 0 Å². The Morgan fingerprint density at radius 1 is 1.07 bits per heavy atom. The van der Waals surface area contributed by atoms with Crippen LogP contribution >= 0.6 is 0 Å². The minimum Gasteiger partial charge on any atom is -0.496 e. The number of methoxy groups -OCH3 is 1. The molecule has 5 heterocycles. The fourth-order valence-electron chi connectivity index (χ4n) is 6.35. The summed E-state index contributed by atoms with van der Waals surface area (Å²) < 4.78 is 46.6. The first kappa shape index (κ1) is 32.2. The molecule has 0 radical (unpaired) electrons. The third-order valence-corrected chi connectivity index (χ3v) is 8.64. The maximum absolute atomic E-state index is 13.9. The van der Waals surface area contributed by atoms with Crippen molar-refractivity contribution in [2.24, 2.45) is 0 Å². The van der Waals surface area contributed by atoms with Crippen molar-refractivity contribution in [2.45, 2.75) is 53.4 Å². The molecule has 45 heavy (non-hydrogen) atoms. The molecule has 0 aliphatic carbocycles. The standard InChI is InChI=1S/C33H39F3N6O3/c1-19-7-8-24(22(4)38-19)25-9-10-42-28(25)16-26(31(43)37-17-27-29(45-6)15-20(2)39-32(27)44)21(3)30(42)23(5)41-13-11-40(12-14-41)18-33(34,35)36/h7-10,15-16,23H,11-14,17-18H2,1-6H3,(H,37,43)(H,39,44)/t23-/m0/s1. The van der Waals surface area contributed by atoms with Gasteiger partial charge in [-0.2, -0.15) is 13.2 Å². The third-order valence-electron chi connectivity index (χ3n) is 8.64. The summed E-state index contributed by atoms with van der Waals surface area (Å²) in [5, 5.41) is 2.91. The second kappa shape index (κ2) is 12.7. The molecule has 240 valence electrons. The number of H-pyrrole nitrogens is 1. The molecule has 1 fully saturated rings. The number of rotatable bonds is 8. The number of fused-ring (bicyclic) bond motifs is 1. The number of aromatic amines is 1. The summed E-state index contributed by atoms with van der Waals surface area (Å²) in [6, 6.07) is 9.33. The maximum Gasteiger partial charge on any atom is 0.401 e. The number of aryl methyl sites for hydroxylation is 3. The van der Waals surface area contributed by atoms with Crippen LogP contribution in [0.5, 0.6) is 5.75 Å². The van der Waals surface area contributed by atoms with E-state index in [9.17, 15) is 22.8 Å². The van der Waals surface area contributed by atoms with Crippen molar-refractivity contribution in [3.8, 4) is 16.9 Å². The third kappa shape index (κ3) is 6.76. The fourth-order valence-corrected chi connectivity index (χ4v) is 6.35. The molecule has 9 nitrogen and oxygen atoms in total. The van der Waals surface area contributed by atoms with E-state index in [1.807, 2.05) is 58.2 Å². The number of pyridine rings is 3. The van der Waals surface area contributed by atoms with Gasteiger partial charge in [0.25, 0.3) is 11.5 Å². The molecule has 1 saturated heterocycles. The Morgan fingerprint density at radius 3 is 2.42 bits per heavy atom. The average Bonchev–Trinajstić information content (AvgIpc) is 3.38. The lowest BCUT2D eigenvalue weighted by Gasteiger charge is -2.39. The summed E-state index contributed by atoms with van der Waals surface area (Å²) in [5.74, 6) is 0.0327. The van der Waals surface area contributed by atoms with Crippen molar-refractivity contribution >= 4 is 11.4 Å². The highest BCUT2D eigenvalue weighted by Crippen LogP contribution is 2.35. The Morgan fingerprint density at radius 2 is 1.78 bits per heavy atom. The van der Waals surface area contributed by atoms with Gasteiger partial charge < -0.3 is 19.4 Å². The van der Waals surface area contributed by atoms with E-state index in [1.54, 1.807) is 13.0 Å². The van der Waals surface area contributed by atoms with Gasteiger partial charge in [-0.15, -0.1) is 0 Å². The molecule has 4 aromatic rings. The molecule has 1 aliphatic heterocycles. The van der Waals surface area contributed by atoms with Gasteiger partial charge in [0.05, 0.1) is 31.3 Å². The van der Waals surface area contributed by atoms with Gasteiger partial charge >= 0.3 is 6.18 Å². The average molecular weight is 625 g/mol. The summed E-state index contributed by atoms with van der Waals surface area (Å²) in [4.78, 5) is 37.5. The van der Waals surface area contributed by atoms with Crippen LogP contribution < -0.4 is 15.6 Å². The summed E-state index contributed by atoms with van der Waals surface area (Å²) in [7, 11) is 1.48. The molecule has 4 aromatic heterocycles. The highest BCUT2D eigenvalue weighted by Gasteiger charge is 2.34. The molecule has 1 atom stereocenters. The predicted molar refractivity (Wildman–Crippen MR) is 167 cm³/mol. The van der Waals surface area contributed by atoms with Gasteiger partial charge in [-0.25, -0.2) is 0 Å². The van der Waals surface area contributed by atoms with Gasteiger partial charge in [0.15, 0.2) is 0 Å². The number of nitrogens with one attached hydrogen (secondary N) is 2. The SMILES string of the molecule is COc1cc(C)[nH]c(=O)c1CNC(=O)c1cc2c(-c3ccc(C)nc3C)ccn2c([C@H](C)N2CCN(CC(F)(F)F)CC2)c1C. The topological polar surface area (TPSA) is 95.0 Å². The number of hydrogen-bond donors (Lipinski definition) is 2. The zero-order chi connectivity index (χ0) is 32.6. The zero-order valence-corrected chi connectivity index (χ0v) is 26.4. The molecule has 0 spiro atoms. The highest BCUT2D eigenvalue weighted by atomic mass is 19.4. The van der Waals surface area contributed by atoms with Crippen molar-refractivity contribution < 1.29 is 22.7 Å². The molecule has 1 aliphatic rings. The van der Waals surface area contributed by atoms with Crippen molar-refractivity contribution in [1.82, 2.24) is 29.5 Å². The van der Waals surface area contributed by atoms with E-state index in [-0.39, 0.29) is 24.1 Å². The Labute approximate surface area is 260 Å². The van der Waals surface area contributed by atoms with Crippen LogP contribution in [0.15, 0.2) is 41.3 Å². The lowest BCUT2D eigenvalue weighted by molar-refractivity contribution is -0.149. The van der Waals surface area contributed by atoms with Crippen molar-refractivity contribution in [3.05, 3.63) is 86.3 Å². The molecule has 5 rings (SSSR count). The lowest BCUT2D eigenvalue weighted by Crippen LogP contribution is -2.49. The first-order chi connectivity index (χ1) is 21.3. The van der Waals surface area contributed by atoms with Crippen LogP contribution in [0.25, 0.3) is 16.6 Å². The Kier molecular flexibility index (Phi) is 9.09. The fraction of sp³-hybridized carbons (Fsp3) is 0.424. The van der Waals surface area contributed by atoms with E-state index in [1.165, 1.54) is 12.0 Å². The molecule has 0 aromatic carbocycles. The number of halogens is 3. The molecule has 0 saturated carbocycles. The smallest absolute Gasteiger partial charge is 0.401 e. The summed E-state index contributed by atoms with van der Waals surface area (Å²) >= 11 is 0. The monoisotopic (exact) mass is 624 g/mol. The highest BCUT2D eigenvalue weighted by molar-refractivity contribution is 5.98. The van der Waals surface area contributed by atoms with Crippen LogP contribution in [0.2, 0.25) is 0 Å². The van der Waals surface area contributed by atoms with Crippen LogP contribution in [0, 0.1) is 27.7 Å². The first-order valence-corrected chi connectivity index (χ1v) is 14.9. The van der Waals surface area contributed by atoms with Gasteiger partial charge in [-0.1, -0.05) is 6.07 Å². The molecule has 2 N–H and O–H groups in total. The van der Waals surface area contributed by atoms with E-state index in [2.05, 4.69) is 24.6 Å². The largest absolute Gasteiger partial charge is 0.496 e. The number of hydrogen-bond acceptors (Lipinski definition) is 6. The van der Waals surface area contributed by atoms with Crippen molar-refractivity contribution in [2.75, 3.05) is 39.8 Å². The van der Waals surface area contributed by atoms with E-state index in [4.69, 9.17) is 4.74 Å². The number of nitrogens with zero attached hydrogens (tertiary/aromatic N) is 4. The summed E-state index contributed by atoms with van der Waals surface area (Å²) in [6.07, 6.45) is -2.27. The Balaban J connectivity index is 1.55. The van der Waals surface area contributed by atoms with Gasteiger partial charge in [0.2, 0.25) is 0 Å². The second-order valence-corrected chi connectivity index (χ2v) is 11.8. The van der Waals surface area contributed by atoms with E-state index >= 15 is 0 Å². The number of amides is 1. The first-order valence-electron chi connectivity index (χ1n) is 14.9. The van der Waals surface area contributed by atoms with Gasteiger partial charge in [-0.3, -0.25) is 24.4 Å². The number of alkyl halides is 3.